The van der Waals surface area contributed by atoms with Crippen molar-refractivity contribution in [1.29, 1.82) is 0 Å². The molecule has 1 atom stereocenters. The minimum Gasteiger partial charge on any atom is -0.496 e. The van der Waals surface area contributed by atoms with Crippen LogP contribution in [0, 0.1) is 25.5 Å². The number of aryl methyl sites for hydroxylation is 2. The maximum atomic E-state index is 14.1. The smallest absolute Gasteiger partial charge is 0.134 e. The highest BCUT2D eigenvalue weighted by Gasteiger charge is 2.20. The maximum absolute atomic E-state index is 14.1. The summed E-state index contributed by atoms with van der Waals surface area (Å²) in [4.78, 5) is 0. The van der Waals surface area contributed by atoms with Crippen molar-refractivity contribution >= 4 is 0 Å². The number of nitrogens with two attached hydrogens (primary N) is 1. The van der Waals surface area contributed by atoms with Crippen molar-refractivity contribution in [2.24, 2.45) is 5.73 Å². The minimum atomic E-state index is -0.871. The Morgan fingerprint density at radius 3 is 2.35 bits per heavy atom. The Bertz CT molecular complexity index is 641. The molecule has 1 unspecified atom stereocenters. The number of benzene rings is 2. The van der Waals surface area contributed by atoms with Gasteiger partial charge < -0.3 is 10.5 Å². The molecular formula is C16H17F2NO. The van der Waals surface area contributed by atoms with E-state index in [1.54, 1.807) is 26.2 Å². The molecule has 0 bridgehead atoms. The van der Waals surface area contributed by atoms with E-state index in [-0.39, 0.29) is 5.56 Å². The fraction of sp³-hybridized carbons (Fsp3) is 0.250. The summed E-state index contributed by atoms with van der Waals surface area (Å²) >= 11 is 0. The van der Waals surface area contributed by atoms with Gasteiger partial charge in [-0.3, -0.25) is 0 Å². The number of rotatable bonds is 3. The molecule has 0 radical (unpaired) electrons. The quantitative estimate of drug-likeness (QED) is 0.929. The summed E-state index contributed by atoms with van der Waals surface area (Å²) in [5, 5.41) is 0. The van der Waals surface area contributed by atoms with E-state index in [1.165, 1.54) is 12.1 Å². The Hall–Kier alpha value is -1.94. The number of halogens is 2. The van der Waals surface area contributed by atoms with E-state index in [9.17, 15) is 8.78 Å². The molecule has 2 N–H and O–H groups in total. The lowest BCUT2D eigenvalue weighted by Crippen LogP contribution is -2.16. The molecule has 0 heterocycles. The topological polar surface area (TPSA) is 35.2 Å². The van der Waals surface area contributed by atoms with Gasteiger partial charge in [0.2, 0.25) is 0 Å². The zero-order valence-electron chi connectivity index (χ0n) is 11.7. The Labute approximate surface area is 117 Å². The first-order chi connectivity index (χ1) is 9.45. The summed E-state index contributed by atoms with van der Waals surface area (Å²) < 4.78 is 33.2. The van der Waals surface area contributed by atoms with Gasteiger partial charge in [-0.1, -0.05) is 18.2 Å². The van der Waals surface area contributed by atoms with Crippen molar-refractivity contribution in [1.82, 2.24) is 0 Å². The molecule has 0 aliphatic carbocycles. The molecule has 2 aromatic carbocycles. The van der Waals surface area contributed by atoms with Gasteiger partial charge in [0.05, 0.1) is 13.2 Å². The van der Waals surface area contributed by atoms with E-state index in [2.05, 4.69) is 0 Å². The largest absolute Gasteiger partial charge is 0.496 e. The van der Waals surface area contributed by atoms with Crippen LogP contribution >= 0.6 is 0 Å². The van der Waals surface area contributed by atoms with Crippen LogP contribution in [0.3, 0.4) is 0 Å². The molecule has 20 heavy (non-hydrogen) atoms. The van der Waals surface area contributed by atoms with Crippen LogP contribution in [0.5, 0.6) is 5.75 Å². The first kappa shape index (κ1) is 14.5. The van der Waals surface area contributed by atoms with Crippen molar-refractivity contribution in [3.05, 3.63) is 64.2 Å². The molecule has 0 aliphatic heterocycles. The van der Waals surface area contributed by atoms with Crippen LogP contribution in [0.1, 0.15) is 28.3 Å². The third-order valence-corrected chi connectivity index (χ3v) is 3.42. The van der Waals surface area contributed by atoms with Crippen LogP contribution in [-0.2, 0) is 0 Å². The van der Waals surface area contributed by atoms with Crippen LogP contribution in [-0.4, -0.2) is 7.11 Å². The molecule has 106 valence electrons. The second kappa shape index (κ2) is 5.59. The normalized spacial score (nSPS) is 12.3. The summed E-state index contributed by atoms with van der Waals surface area (Å²) in [5.41, 5.74) is 7.83. The summed E-state index contributed by atoms with van der Waals surface area (Å²) in [6.45, 7) is 3.47. The monoisotopic (exact) mass is 277 g/mol. The SMILES string of the molecule is COc1cc(C(N)c2c(F)ccc(C)c2F)ccc1C. The number of hydrogen-bond acceptors (Lipinski definition) is 2. The van der Waals surface area contributed by atoms with Crippen molar-refractivity contribution in [2.45, 2.75) is 19.9 Å². The van der Waals surface area contributed by atoms with Gasteiger partial charge in [0, 0.05) is 5.56 Å². The first-order valence-electron chi connectivity index (χ1n) is 6.30. The van der Waals surface area contributed by atoms with Gasteiger partial charge in [0.25, 0.3) is 0 Å². The second-order valence-corrected chi connectivity index (χ2v) is 4.80. The minimum absolute atomic E-state index is 0.115. The standard InChI is InChI=1S/C16H17F2NO/c1-9-4-6-11(8-13(9)20-3)16(19)14-12(17)7-5-10(2)15(14)18/h4-8,16H,19H2,1-3H3. The zero-order chi connectivity index (χ0) is 14.9. The van der Waals surface area contributed by atoms with Crippen LogP contribution in [0.15, 0.2) is 30.3 Å². The Morgan fingerprint density at radius 2 is 1.70 bits per heavy atom. The fourth-order valence-corrected chi connectivity index (χ4v) is 2.16. The van der Waals surface area contributed by atoms with Gasteiger partial charge in [-0.05, 0) is 42.7 Å². The van der Waals surface area contributed by atoms with Gasteiger partial charge in [0.1, 0.15) is 17.4 Å². The lowest BCUT2D eigenvalue weighted by atomic mass is 9.96. The van der Waals surface area contributed by atoms with Crippen molar-refractivity contribution in [2.75, 3.05) is 7.11 Å². The highest BCUT2D eigenvalue weighted by atomic mass is 19.1. The Kier molecular flexibility index (Phi) is 4.04. The average Bonchev–Trinajstić information content (AvgIpc) is 2.43. The summed E-state index contributed by atoms with van der Waals surface area (Å²) in [6, 6.07) is 7.05. The highest BCUT2D eigenvalue weighted by molar-refractivity contribution is 5.42. The van der Waals surface area contributed by atoms with Crippen molar-refractivity contribution in [3.63, 3.8) is 0 Å². The molecule has 2 rings (SSSR count). The molecule has 0 saturated carbocycles. The molecule has 0 spiro atoms. The third-order valence-electron chi connectivity index (χ3n) is 3.42. The number of ether oxygens (including phenoxy) is 1. The van der Waals surface area contributed by atoms with Gasteiger partial charge in [0.15, 0.2) is 0 Å². The van der Waals surface area contributed by atoms with Crippen molar-refractivity contribution < 1.29 is 13.5 Å². The second-order valence-electron chi connectivity index (χ2n) is 4.80. The van der Waals surface area contributed by atoms with Gasteiger partial charge in [-0.15, -0.1) is 0 Å². The highest BCUT2D eigenvalue weighted by Crippen LogP contribution is 2.29. The van der Waals surface area contributed by atoms with E-state index >= 15 is 0 Å². The predicted octanol–water partition coefficient (Wildman–Crippen LogP) is 3.64. The predicted molar refractivity (Wildman–Crippen MR) is 74.9 cm³/mol. The van der Waals surface area contributed by atoms with E-state index in [0.717, 1.165) is 5.56 Å². The molecule has 0 amide bonds. The average molecular weight is 277 g/mol. The van der Waals surface area contributed by atoms with Gasteiger partial charge in [-0.2, -0.15) is 0 Å². The zero-order valence-corrected chi connectivity index (χ0v) is 11.7. The van der Waals surface area contributed by atoms with E-state index in [1.807, 2.05) is 13.0 Å². The number of hydrogen-bond donors (Lipinski definition) is 1. The lowest BCUT2D eigenvalue weighted by Gasteiger charge is -2.17. The van der Waals surface area contributed by atoms with Crippen LogP contribution < -0.4 is 10.5 Å². The fourth-order valence-electron chi connectivity index (χ4n) is 2.16. The van der Waals surface area contributed by atoms with Gasteiger partial charge >= 0.3 is 0 Å². The molecular weight excluding hydrogens is 260 g/mol. The summed E-state index contributed by atoms with van der Waals surface area (Å²) in [6.07, 6.45) is 0. The van der Waals surface area contributed by atoms with Crippen LogP contribution in [0.2, 0.25) is 0 Å². The Morgan fingerprint density at radius 1 is 1.05 bits per heavy atom. The lowest BCUT2D eigenvalue weighted by molar-refractivity contribution is 0.410. The van der Waals surface area contributed by atoms with Crippen molar-refractivity contribution in [3.8, 4) is 5.75 Å². The first-order valence-corrected chi connectivity index (χ1v) is 6.30. The summed E-state index contributed by atoms with van der Waals surface area (Å²) in [7, 11) is 1.55. The van der Waals surface area contributed by atoms with Gasteiger partial charge in [-0.25, -0.2) is 8.78 Å². The number of methoxy groups -OCH3 is 1. The molecule has 0 aromatic heterocycles. The molecule has 2 aromatic rings. The molecule has 0 aliphatic rings. The van der Waals surface area contributed by atoms with E-state index < -0.39 is 17.7 Å². The summed E-state index contributed by atoms with van der Waals surface area (Å²) in [5.74, 6) is -0.594. The molecule has 0 fully saturated rings. The molecule has 4 heteroatoms. The maximum Gasteiger partial charge on any atom is 0.134 e. The third kappa shape index (κ3) is 2.51. The molecule has 0 saturated heterocycles. The van der Waals surface area contributed by atoms with Crippen LogP contribution in [0.25, 0.3) is 0 Å². The Balaban J connectivity index is 2.51. The van der Waals surface area contributed by atoms with Crippen LogP contribution in [0.4, 0.5) is 8.78 Å². The molecule has 2 nitrogen and oxygen atoms in total. The van der Waals surface area contributed by atoms with E-state index in [0.29, 0.717) is 16.9 Å². The van der Waals surface area contributed by atoms with E-state index in [4.69, 9.17) is 10.5 Å².